The fraction of sp³-hybridized carbons (Fsp3) is 0.444. The highest BCUT2D eigenvalue weighted by atomic mass is 35.5. The number of benzene rings is 2. The Labute approximate surface area is 210 Å². The monoisotopic (exact) mass is 502 g/mol. The quantitative estimate of drug-likeness (QED) is 0.393. The summed E-state index contributed by atoms with van der Waals surface area (Å²) in [4.78, 5) is 35.8. The Kier molecular flexibility index (Phi) is 8.92. The predicted molar refractivity (Wildman–Crippen MR) is 130 cm³/mol. The number of carbonyl (C=O) groups is 3. The van der Waals surface area contributed by atoms with Gasteiger partial charge in [-0.25, -0.2) is 0 Å². The van der Waals surface area contributed by atoms with E-state index in [0.29, 0.717) is 23.4 Å². The van der Waals surface area contributed by atoms with Gasteiger partial charge in [-0.15, -0.1) is 0 Å². The third kappa shape index (κ3) is 6.83. The maximum atomic E-state index is 12.0. The van der Waals surface area contributed by atoms with Crippen LogP contribution in [-0.4, -0.2) is 42.3 Å². The summed E-state index contributed by atoms with van der Waals surface area (Å²) in [6.45, 7) is 7.68. The molecule has 0 bridgehead atoms. The Bertz CT molecular complexity index is 1070. The second-order valence-electron chi connectivity index (χ2n) is 8.74. The minimum absolute atomic E-state index is 0.475. The van der Waals surface area contributed by atoms with E-state index in [-0.39, 0.29) is 0 Å². The Morgan fingerprint density at radius 3 is 2.00 bits per heavy atom. The molecule has 0 spiro atoms. The average molecular weight is 503 g/mol. The van der Waals surface area contributed by atoms with Crippen molar-refractivity contribution in [3.8, 4) is 0 Å². The molecule has 5 atom stereocenters. The maximum Gasteiger partial charge on any atom is 0.303 e. The zero-order valence-electron chi connectivity index (χ0n) is 20.6. The first-order chi connectivity index (χ1) is 16.6. The number of aryl methyl sites for hydroxylation is 1. The molecule has 7 nitrogen and oxygen atoms in total. The predicted octanol–water partition coefficient (Wildman–Crippen LogP) is 4.88. The Balaban J connectivity index is 2.03. The van der Waals surface area contributed by atoms with E-state index in [4.69, 9.17) is 30.5 Å². The molecular formula is C27H31ClO7. The molecule has 8 heteroatoms. The van der Waals surface area contributed by atoms with Crippen LogP contribution in [0.5, 0.6) is 0 Å². The van der Waals surface area contributed by atoms with Crippen LogP contribution in [0, 0.1) is 6.92 Å². The van der Waals surface area contributed by atoms with E-state index in [2.05, 4.69) is 0 Å². The van der Waals surface area contributed by atoms with Gasteiger partial charge >= 0.3 is 17.9 Å². The van der Waals surface area contributed by atoms with Crippen LogP contribution in [0.3, 0.4) is 0 Å². The largest absolute Gasteiger partial charge is 0.456 e. The summed E-state index contributed by atoms with van der Waals surface area (Å²) >= 11 is 6.52. The topological polar surface area (TPSA) is 88.1 Å². The maximum absolute atomic E-state index is 12.0. The minimum atomic E-state index is -1.04. The molecule has 1 heterocycles. The van der Waals surface area contributed by atoms with Gasteiger partial charge in [0.05, 0.1) is 6.10 Å². The zero-order valence-corrected chi connectivity index (χ0v) is 21.3. The van der Waals surface area contributed by atoms with Gasteiger partial charge in [-0.1, -0.05) is 60.5 Å². The third-order valence-electron chi connectivity index (χ3n) is 5.86. The number of hydrogen-bond acceptors (Lipinski definition) is 7. The molecule has 0 aromatic heterocycles. The molecule has 35 heavy (non-hydrogen) atoms. The van der Waals surface area contributed by atoms with Crippen LogP contribution >= 0.6 is 11.6 Å². The summed E-state index contributed by atoms with van der Waals surface area (Å²) in [5.74, 6) is -1.72. The van der Waals surface area contributed by atoms with Crippen LogP contribution < -0.4 is 0 Å². The average Bonchev–Trinajstić information content (AvgIpc) is 2.78. The van der Waals surface area contributed by atoms with E-state index in [1.165, 1.54) is 20.8 Å². The van der Waals surface area contributed by atoms with Gasteiger partial charge in [0.1, 0.15) is 6.10 Å². The first-order valence-electron chi connectivity index (χ1n) is 11.6. The summed E-state index contributed by atoms with van der Waals surface area (Å²) in [6.07, 6.45) is -3.29. The van der Waals surface area contributed by atoms with Crippen LogP contribution in [0.1, 0.15) is 62.5 Å². The standard InChI is InChI=1S/C27H31ClO7/c1-6-23-25(32-16(3)29)27(34-18(5)31)26(33-17(4)30)24(35-23)20-11-12-22(28)21(14-20)13-19-9-7-15(2)8-10-19/h7-12,14,23-27H,6,13H2,1-5H3. The van der Waals surface area contributed by atoms with E-state index in [0.717, 1.165) is 16.7 Å². The smallest absolute Gasteiger partial charge is 0.303 e. The fourth-order valence-electron chi connectivity index (χ4n) is 4.32. The van der Waals surface area contributed by atoms with Gasteiger partial charge in [-0.05, 0) is 42.5 Å². The van der Waals surface area contributed by atoms with Crippen LogP contribution in [-0.2, 0) is 39.8 Å². The number of hydrogen-bond donors (Lipinski definition) is 0. The van der Waals surface area contributed by atoms with Crippen molar-refractivity contribution < 1.29 is 33.3 Å². The van der Waals surface area contributed by atoms with Crippen LogP contribution in [0.4, 0.5) is 0 Å². The second kappa shape index (κ2) is 11.7. The molecule has 0 saturated carbocycles. The van der Waals surface area contributed by atoms with E-state index < -0.39 is 48.4 Å². The highest BCUT2D eigenvalue weighted by Crippen LogP contribution is 2.39. The van der Waals surface area contributed by atoms with Gasteiger partial charge in [-0.2, -0.15) is 0 Å². The number of esters is 3. The molecule has 1 saturated heterocycles. The van der Waals surface area contributed by atoms with E-state index >= 15 is 0 Å². The van der Waals surface area contributed by atoms with Gasteiger partial charge < -0.3 is 18.9 Å². The van der Waals surface area contributed by atoms with Crippen LogP contribution in [0.15, 0.2) is 42.5 Å². The number of halogens is 1. The molecule has 0 amide bonds. The molecule has 1 aliphatic rings. The lowest BCUT2D eigenvalue weighted by atomic mass is 9.88. The van der Waals surface area contributed by atoms with E-state index in [1.807, 2.05) is 44.2 Å². The summed E-state index contributed by atoms with van der Waals surface area (Å²) in [5.41, 5.74) is 3.84. The second-order valence-corrected chi connectivity index (χ2v) is 9.15. The van der Waals surface area contributed by atoms with Gasteiger partial charge in [-0.3, -0.25) is 14.4 Å². The summed E-state index contributed by atoms with van der Waals surface area (Å²) in [5, 5.41) is 0.593. The van der Waals surface area contributed by atoms with E-state index in [1.54, 1.807) is 12.1 Å². The molecule has 0 aliphatic carbocycles. The molecule has 1 fully saturated rings. The normalized spacial score (nSPS) is 23.9. The molecule has 0 radical (unpaired) electrons. The van der Waals surface area contributed by atoms with Gasteiger partial charge in [0.15, 0.2) is 18.3 Å². The summed E-state index contributed by atoms with van der Waals surface area (Å²) in [6, 6.07) is 13.7. The summed E-state index contributed by atoms with van der Waals surface area (Å²) < 4.78 is 23.0. The minimum Gasteiger partial charge on any atom is -0.456 e. The van der Waals surface area contributed by atoms with Crippen LogP contribution in [0.2, 0.25) is 5.02 Å². The first-order valence-corrected chi connectivity index (χ1v) is 12.0. The van der Waals surface area contributed by atoms with Crippen molar-refractivity contribution >= 4 is 29.5 Å². The lowest BCUT2D eigenvalue weighted by Crippen LogP contribution is -2.58. The highest BCUT2D eigenvalue weighted by Gasteiger charge is 2.51. The molecule has 0 N–H and O–H groups in total. The van der Waals surface area contributed by atoms with Gasteiger partial charge in [0, 0.05) is 25.8 Å². The lowest BCUT2D eigenvalue weighted by molar-refractivity contribution is -0.249. The van der Waals surface area contributed by atoms with Gasteiger partial charge in [0.2, 0.25) is 0 Å². The van der Waals surface area contributed by atoms with Crippen molar-refractivity contribution in [1.29, 1.82) is 0 Å². The molecular weight excluding hydrogens is 472 g/mol. The molecule has 188 valence electrons. The highest BCUT2D eigenvalue weighted by molar-refractivity contribution is 6.31. The Morgan fingerprint density at radius 2 is 1.43 bits per heavy atom. The lowest BCUT2D eigenvalue weighted by Gasteiger charge is -2.44. The van der Waals surface area contributed by atoms with Crippen molar-refractivity contribution in [2.75, 3.05) is 0 Å². The van der Waals surface area contributed by atoms with Crippen molar-refractivity contribution in [3.05, 3.63) is 69.7 Å². The molecule has 3 rings (SSSR count). The SMILES string of the molecule is CCC1OC(c2ccc(Cl)c(Cc3ccc(C)cc3)c2)C(OC(C)=O)C(OC(C)=O)C1OC(C)=O. The van der Waals surface area contributed by atoms with Crippen molar-refractivity contribution in [1.82, 2.24) is 0 Å². The third-order valence-corrected chi connectivity index (χ3v) is 6.22. The molecule has 5 unspecified atom stereocenters. The van der Waals surface area contributed by atoms with Crippen molar-refractivity contribution in [3.63, 3.8) is 0 Å². The molecule has 2 aromatic rings. The van der Waals surface area contributed by atoms with E-state index in [9.17, 15) is 14.4 Å². The molecule has 1 aliphatic heterocycles. The zero-order chi connectivity index (χ0) is 25.7. The Morgan fingerprint density at radius 1 is 0.857 bits per heavy atom. The fourth-order valence-corrected chi connectivity index (χ4v) is 4.51. The van der Waals surface area contributed by atoms with Crippen molar-refractivity contribution in [2.45, 2.75) is 78.0 Å². The first kappa shape index (κ1) is 26.7. The van der Waals surface area contributed by atoms with Crippen LogP contribution in [0.25, 0.3) is 0 Å². The number of ether oxygens (including phenoxy) is 4. The van der Waals surface area contributed by atoms with Gasteiger partial charge in [0.25, 0.3) is 0 Å². The summed E-state index contributed by atoms with van der Waals surface area (Å²) in [7, 11) is 0. The van der Waals surface area contributed by atoms with Crippen molar-refractivity contribution in [2.24, 2.45) is 0 Å². The number of carbonyl (C=O) groups excluding carboxylic acids is 3. The molecule has 2 aromatic carbocycles. The Hall–Kier alpha value is -2.90. The number of rotatable bonds is 7.